The molecule has 0 aliphatic heterocycles. The molecular formula is C20H23N3O4S. The van der Waals surface area contributed by atoms with Crippen LogP contribution in [0.1, 0.15) is 18.9 Å². The van der Waals surface area contributed by atoms with Crippen LogP contribution in [-0.4, -0.2) is 33.0 Å². The Morgan fingerprint density at radius 3 is 2.57 bits per heavy atom. The minimum atomic E-state index is -3.63. The maximum atomic E-state index is 12.5. The number of hydrogen-bond donors (Lipinski definition) is 3. The molecule has 0 aliphatic rings. The van der Waals surface area contributed by atoms with Gasteiger partial charge in [0.1, 0.15) is 5.75 Å². The molecule has 1 heterocycles. The fraction of sp³-hybridized carbons (Fsp3) is 0.250. The van der Waals surface area contributed by atoms with Crippen molar-refractivity contribution >= 4 is 32.5 Å². The summed E-state index contributed by atoms with van der Waals surface area (Å²) in [5.41, 5.74) is 2.55. The molecule has 0 fully saturated rings. The van der Waals surface area contributed by atoms with E-state index in [1.807, 2.05) is 24.4 Å². The lowest BCUT2D eigenvalue weighted by Crippen LogP contribution is -2.26. The van der Waals surface area contributed by atoms with Crippen molar-refractivity contribution in [2.45, 2.75) is 24.7 Å². The standard InChI is InChI=1S/C20H23N3O4S/c1-3-20(24)23-15-4-7-17(8-5-15)28(25,26)22-11-10-14-13-21-19-9-6-16(27-2)12-18(14)19/h4-9,12-13,21-22H,3,10-11H2,1-2H3,(H,23,24). The zero-order valence-corrected chi connectivity index (χ0v) is 16.6. The zero-order valence-electron chi connectivity index (χ0n) is 15.8. The number of carbonyl (C=O) groups is 1. The Balaban J connectivity index is 1.64. The van der Waals surface area contributed by atoms with E-state index in [0.717, 1.165) is 22.2 Å². The lowest BCUT2D eigenvalue weighted by atomic mass is 10.1. The number of sulfonamides is 1. The van der Waals surface area contributed by atoms with Crippen molar-refractivity contribution in [2.24, 2.45) is 0 Å². The largest absolute Gasteiger partial charge is 0.497 e. The van der Waals surface area contributed by atoms with Gasteiger partial charge in [0.2, 0.25) is 15.9 Å². The van der Waals surface area contributed by atoms with Crippen molar-refractivity contribution in [3.8, 4) is 5.75 Å². The van der Waals surface area contributed by atoms with Crippen molar-refractivity contribution in [2.75, 3.05) is 19.0 Å². The van der Waals surface area contributed by atoms with Crippen LogP contribution in [0.25, 0.3) is 10.9 Å². The second-order valence-electron chi connectivity index (χ2n) is 6.30. The van der Waals surface area contributed by atoms with E-state index in [1.54, 1.807) is 26.2 Å². The van der Waals surface area contributed by atoms with Gasteiger partial charge in [0, 0.05) is 35.8 Å². The summed E-state index contributed by atoms with van der Waals surface area (Å²) >= 11 is 0. The Labute approximate surface area is 164 Å². The van der Waals surface area contributed by atoms with Crippen LogP contribution < -0.4 is 14.8 Å². The molecule has 0 bridgehead atoms. The van der Waals surface area contributed by atoms with Crippen LogP contribution in [0.3, 0.4) is 0 Å². The molecule has 0 unspecified atom stereocenters. The number of aromatic amines is 1. The van der Waals surface area contributed by atoms with E-state index in [2.05, 4.69) is 15.0 Å². The fourth-order valence-corrected chi connectivity index (χ4v) is 3.89. The minimum Gasteiger partial charge on any atom is -0.497 e. The average molecular weight is 401 g/mol. The summed E-state index contributed by atoms with van der Waals surface area (Å²) in [5.74, 6) is 0.633. The molecule has 1 aromatic heterocycles. The minimum absolute atomic E-state index is 0.121. The van der Waals surface area contributed by atoms with Crippen LogP contribution >= 0.6 is 0 Å². The van der Waals surface area contributed by atoms with Crippen LogP contribution in [-0.2, 0) is 21.2 Å². The number of aromatic nitrogens is 1. The molecule has 28 heavy (non-hydrogen) atoms. The molecule has 8 heteroatoms. The highest BCUT2D eigenvalue weighted by Gasteiger charge is 2.14. The number of methoxy groups -OCH3 is 1. The van der Waals surface area contributed by atoms with Crippen LogP contribution in [0.4, 0.5) is 5.69 Å². The van der Waals surface area contributed by atoms with E-state index in [4.69, 9.17) is 4.74 Å². The van der Waals surface area contributed by atoms with Crippen LogP contribution in [0.15, 0.2) is 53.6 Å². The number of amides is 1. The van der Waals surface area contributed by atoms with E-state index < -0.39 is 10.0 Å². The zero-order chi connectivity index (χ0) is 20.1. The first-order chi connectivity index (χ1) is 13.4. The Bertz CT molecular complexity index is 1070. The SMILES string of the molecule is CCC(=O)Nc1ccc(S(=O)(=O)NCCc2c[nH]c3ccc(OC)cc23)cc1. The lowest BCUT2D eigenvalue weighted by molar-refractivity contribution is -0.115. The van der Waals surface area contributed by atoms with Gasteiger partial charge < -0.3 is 15.0 Å². The highest BCUT2D eigenvalue weighted by Crippen LogP contribution is 2.24. The van der Waals surface area contributed by atoms with E-state index in [0.29, 0.717) is 18.5 Å². The van der Waals surface area contributed by atoms with Crippen molar-refractivity contribution in [1.29, 1.82) is 0 Å². The van der Waals surface area contributed by atoms with Gasteiger partial charge in [-0.05, 0) is 54.4 Å². The molecule has 0 atom stereocenters. The monoisotopic (exact) mass is 401 g/mol. The predicted molar refractivity (Wildman–Crippen MR) is 109 cm³/mol. The van der Waals surface area contributed by atoms with Gasteiger partial charge in [-0.15, -0.1) is 0 Å². The third kappa shape index (κ3) is 4.52. The van der Waals surface area contributed by atoms with Gasteiger partial charge in [-0.25, -0.2) is 13.1 Å². The molecule has 0 aliphatic carbocycles. The Morgan fingerprint density at radius 2 is 1.89 bits per heavy atom. The molecule has 7 nitrogen and oxygen atoms in total. The van der Waals surface area contributed by atoms with Gasteiger partial charge >= 0.3 is 0 Å². The molecule has 2 aromatic carbocycles. The molecule has 0 saturated carbocycles. The Hall–Kier alpha value is -2.84. The average Bonchev–Trinajstić information content (AvgIpc) is 3.10. The van der Waals surface area contributed by atoms with Crippen molar-refractivity contribution in [3.63, 3.8) is 0 Å². The molecule has 3 rings (SSSR count). The molecule has 0 saturated heterocycles. The maximum absolute atomic E-state index is 12.5. The predicted octanol–water partition coefficient (Wildman–Crippen LogP) is 3.05. The fourth-order valence-electron chi connectivity index (χ4n) is 2.86. The van der Waals surface area contributed by atoms with Crippen molar-refractivity contribution in [1.82, 2.24) is 9.71 Å². The number of benzene rings is 2. The molecule has 148 valence electrons. The summed E-state index contributed by atoms with van der Waals surface area (Å²) < 4.78 is 32.8. The molecule has 0 spiro atoms. The molecule has 3 N–H and O–H groups in total. The summed E-state index contributed by atoms with van der Waals surface area (Å²) in [6.45, 7) is 2.02. The number of fused-ring (bicyclic) bond motifs is 1. The number of rotatable bonds is 8. The number of hydrogen-bond acceptors (Lipinski definition) is 4. The molecule has 3 aromatic rings. The summed E-state index contributed by atoms with van der Waals surface area (Å²) in [6.07, 6.45) is 2.78. The first kappa shape index (κ1) is 19.9. The van der Waals surface area contributed by atoms with Crippen LogP contribution in [0.5, 0.6) is 5.75 Å². The number of anilines is 1. The van der Waals surface area contributed by atoms with Gasteiger partial charge in [-0.3, -0.25) is 4.79 Å². The summed E-state index contributed by atoms with van der Waals surface area (Å²) in [4.78, 5) is 14.7. The first-order valence-electron chi connectivity index (χ1n) is 8.96. The van der Waals surface area contributed by atoms with Gasteiger partial charge in [0.25, 0.3) is 0 Å². The van der Waals surface area contributed by atoms with Crippen molar-refractivity contribution in [3.05, 3.63) is 54.2 Å². The normalized spacial score (nSPS) is 11.5. The van der Waals surface area contributed by atoms with E-state index in [1.165, 1.54) is 12.1 Å². The van der Waals surface area contributed by atoms with E-state index in [-0.39, 0.29) is 17.3 Å². The lowest BCUT2D eigenvalue weighted by Gasteiger charge is -2.08. The second kappa shape index (κ2) is 8.45. The molecule has 1 amide bonds. The number of ether oxygens (including phenoxy) is 1. The smallest absolute Gasteiger partial charge is 0.240 e. The van der Waals surface area contributed by atoms with Crippen molar-refractivity contribution < 1.29 is 17.9 Å². The topological polar surface area (TPSA) is 100 Å². The first-order valence-corrected chi connectivity index (χ1v) is 10.4. The summed E-state index contributed by atoms with van der Waals surface area (Å²) in [7, 11) is -2.02. The van der Waals surface area contributed by atoms with Gasteiger partial charge in [0.15, 0.2) is 0 Å². The van der Waals surface area contributed by atoms with Crippen LogP contribution in [0.2, 0.25) is 0 Å². The summed E-state index contributed by atoms with van der Waals surface area (Å²) in [6, 6.07) is 11.8. The molecular weight excluding hydrogens is 378 g/mol. The third-order valence-corrected chi connectivity index (χ3v) is 5.91. The number of H-pyrrole nitrogens is 1. The van der Waals surface area contributed by atoms with Gasteiger partial charge in [0.05, 0.1) is 12.0 Å². The Kier molecular flexibility index (Phi) is 6.01. The number of nitrogens with one attached hydrogen (secondary N) is 3. The van der Waals surface area contributed by atoms with E-state index >= 15 is 0 Å². The Morgan fingerprint density at radius 1 is 1.14 bits per heavy atom. The van der Waals surface area contributed by atoms with Crippen LogP contribution in [0, 0.1) is 0 Å². The summed E-state index contributed by atoms with van der Waals surface area (Å²) in [5, 5.41) is 3.70. The van der Waals surface area contributed by atoms with Gasteiger partial charge in [-0.1, -0.05) is 6.92 Å². The van der Waals surface area contributed by atoms with E-state index in [9.17, 15) is 13.2 Å². The second-order valence-corrected chi connectivity index (χ2v) is 8.07. The van der Waals surface area contributed by atoms with Gasteiger partial charge in [-0.2, -0.15) is 0 Å². The third-order valence-electron chi connectivity index (χ3n) is 4.43. The maximum Gasteiger partial charge on any atom is 0.240 e. The highest BCUT2D eigenvalue weighted by atomic mass is 32.2. The number of carbonyl (C=O) groups excluding carboxylic acids is 1. The quantitative estimate of drug-likeness (QED) is 0.540. The molecule has 0 radical (unpaired) electrons. The highest BCUT2D eigenvalue weighted by molar-refractivity contribution is 7.89.